The van der Waals surface area contributed by atoms with E-state index in [2.05, 4.69) is 26.0 Å². The van der Waals surface area contributed by atoms with E-state index >= 15 is 0 Å². The summed E-state index contributed by atoms with van der Waals surface area (Å²) in [5, 5.41) is 2.76. The maximum atomic E-state index is 12.6. The molecular weight excluding hydrogens is 404 g/mol. The second kappa shape index (κ2) is 9.12. The van der Waals surface area contributed by atoms with Crippen molar-refractivity contribution in [3.8, 4) is 0 Å². The zero-order valence-corrected chi connectivity index (χ0v) is 16.3. The van der Waals surface area contributed by atoms with Crippen molar-refractivity contribution in [2.45, 2.75) is 30.7 Å². The van der Waals surface area contributed by atoms with E-state index in [4.69, 9.17) is 0 Å². The zero-order valence-electron chi connectivity index (χ0n) is 13.9. The minimum Gasteiger partial charge on any atom is -0.355 e. The molecule has 0 bridgehead atoms. The molecule has 0 spiro atoms. The Morgan fingerprint density at radius 1 is 1.08 bits per heavy atom. The third-order valence-electron chi connectivity index (χ3n) is 3.57. The summed E-state index contributed by atoms with van der Waals surface area (Å²) in [5.74, 6) is -0.327. The smallest absolute Gasteiger partial charge is 0.241 e. The maximum absolute atomic E-state index is 12.6. The molecular formula is C18H21BrN2O3S. The topological polar surface area (TPSA) is 75.3 Å². The van der Waals surface area contributed by atoms with E-state index in [1.54, 1.807) is 12.1 Å². The third-order valence-corrected chi connectivity index (χ3v) is 5.59. The number of hydrogen-bond donors (Lipinski definition) is 2. The highest BCUT2D eigenvalue weighted by molar-refractivity contribution is 9.10. The molecule has 0 saturated heterocycles. The Kier molecular flexibility index (Phi) is 7.16. The molecule has 0 aromatic heterocycles. The third kappa shape index (κ3) is 5.95. The van der Waals surface area contributed by atoms with Crippen molar-refractivity contribution >= 4 is 31.9 Å². The van der Waals surface area contributed by atoms with Crippen molar-refractivity contribution in [3.63, 3.8) is 0 Å². The van der Waals surface area contributed by atoms with Crippen molar-refractivity contribution in [2.75, 3.05) is 6.54 Å². The molecule has 5 nitrogen and oxygen atoms in total. The monoisotopic (exact) mass is 424 g/mol. The highest BCUT2D eigenvalue weighted by Gasteiger charge is 2.25. The van der Waals surface area contributed by atoms with Crippen molar-refractivity contribution in [1.29, 1.82) is 0 Å². The van der Waals surface area contributed by atoms with E-state index in [1.165, 1.54) is 12.1 Å². The molecule has 0 unspecified atom stereocenters. The summed E-state index contributed by atoms with van der Waals surface area (Å²) in [7, 11) is -3.80. The lowest BCUT2D eigenvalue weighted by Crippen LogP contribution is -2.48. The van der Waals surface area contributed by atoms with Gasteiger partial charge in [-0.1, -0.05) is 53.2 Å². The number of carbonyl (C=O) groups is 1. The van der Waals surface area contributed by atoms with Gasteiger partial charge in [0.2, 0.25) is 15.9 Å². The summed E-state index contributed by atoms with van der Waals surface area (Å²) in [6.07, 6.45) is 1.06. The number of carbonyl (C=O) groups excluding carboxylic acids is 1. The van der Waals surface area contributed by atoms with Crippen LogP contribution in [-0.4, -0.2) is 26.9 Å². The summed E-state index contributed by atoms with van der Waals surface area (Å²) in [5.41, 5.74) is 0.887. The Balaban J connectivity index is 2.22. The van der Waals surface area contributed by atoms with E-state index in [0.29, 0.717) is 6.54 Å². The Hall–Kier alpha value is -1.70. The van der Waals surface area contributed by atoms with Gasteiger partial charge in [0.1, 0.15) is 6.04 Å². The first-order valence-electron chi connectivity index (χ1n) is 8.02. The van der Waals surface area contributed by atoms with Crippen molar-refractivity contribution in [2.24, 2.45) is 0 Å². The molecule has 2 aromatic carbocycles. The lowest BCUT2D eigenvalue weighted by atomic mass is 10.1. The SMILES string of the molecule is CCCNC(=O)[C@@H](Cc1ccccc1)NS(=O)(=O)c1ccc(Br)cc1. The number of sulfonamides is 1. The number of benzene rings is 2. The molecule has 0 aliphatic carbocycles. The molecule has 1 amide bonds. The second-order valence-electron chi connectivity index (χ2n) is 5.61. The Morgan fingerprint density at radius 2 is 1.72 bits per heavy atom. The molecule has 7 heteroatoms. The fourth-order valence-electron chi connectivity index (χ4n) is 2.28. The van der Waals surface area contributed by atoms with Gasteiger partial charge in [0.15, 0.2) is 0 Å². The number of amides is 1. The van der Waals surface area contributed by atoms with Gasteiger partial charge in [0.05, 0.1) is 4.90 Å². The van der Waals surface area contributed by atoms with Crippen LogP contribution in [0.4, 0.5) is 0 Å². The van der Waals surface area contributed by atoms with Gasteiger partial charge in [0, 0.05) is 11.0 Å². The minimum absolute atomic E-state index is 0.122. The van der Waals surface area contributed by atoms with Crippen LogP contribution < -0.4 is 10.0 Å². The van der Waals surface area contributed by atoms with Crippen LogP contribution >= 0.6 is 15.9 Å². The molecule has 0 radical (unpaired) electrons. The van der Waals surface area contributed by atoms with Crippen molar-refractivity contribution < 1.29 is 13.2 Å². The number of hydrogen-bond acceptors (Lipinski definition) is 3. The molecule has 0 saturated carbocycles. The van der Waals surface area contributed by atoms with E-state index in [0.717, 1.165) is 16.5 Å². The molecule has 0 heterocycles. The standard InChI is InChI=1S/C18H21BrN2O3S/c1-2-12-20-18(22)17(13-14-6-4-3-5-7-14)21-25(23,24)16-10-8-15(19)9-11-16/h3-11,17,21H,2,12-13H2,1H3,(H,20,22)/t17-/m1/s1. The van der Waals surface area contributed by atoms with Gasteiger partial charge in [-0.2, -0.15) is 4.72 Å². The largest absolute Gasteiger partial charge is 0.355 e. The highest BCUT2D eigenvalue weighted by atomic mass is 79.9. The van der Waals surface area contributed by atoms with E-state index in [1.807, 2.05) is 37.3 Å². The zero-order chi connectivity index (χ0) is 18.3. The molecule has 25 heavy (non-hydrogen) atoms. The lowest BCUT2D eigenvalue weighted by molar-refractivity contribution is -0.122. The Morgan fingerprint density at radius 3 is 2.32 bits per heavy atom. The van der Waals surface area contributed by atoms with Gasteiger partial charge >= 0.3 is 0 Å². The van der Waals surface area contributed by atoms with Crippen LogP contribution in [0.5, 0.6) is 0 Å². The van der Waals surface area contributed by atoms with Crippen LogP contribution in [0, 0.1) is 0 Å². The van der Waals surface area contributed by atoms with Gasteiger partial charge in [-0.3, -0.25) is 4.79 Å². The van der Waals surface area contributed by atoms with Gasteiger partial charge in [-0.15, -0.1) is 0 Å². The lowest BCUT2D eigenvalue weighted by Gasteiger charge is -2.18. The average molecular weight is 425 g/mol. The van der Waals surface area contributed by atoms with Gasteiger partial charge in [-0.05, 0) is 42.7 Å². The minimum atomic E-state index is -3.80. The van der Waals surface area contributed by atoms with Gasteiger partial charge in [0.25, 0.3) is 0 Å². The molecule has 134 valence electrons. The van der Waals surface area contributed by atoms with Crippen LogP contribution in [0.25, 0.3) is 0 Å². The van der Waals surface area contributed by atoms with Crippen molar-refractivity contribution in [1.82, 2.24) is 10.0 Å². The summed E-state index contributed by atoms with van der Waals surface area (Å²) < 4.78 is 28.5. The second-order valence-corrected chi connectivity index (χ2v) is 8.24. The maximum Gasteiger partial charge on any atom is 0.241 e. The quantitative estimate of drug-likeness (QED) is 0.683. The van der Waals surface area contributed by atoms with Gasteiger partial charge < -0.3 is 5.32 Å². The molecule has 2 N–H and O–H groups in total. The highest BCUT2D eigenvalue weighted by Crippen LogP contribution is 2.15. The van der Waals surface area contributed by atoms with Crippen LogP contribution in [0.15, 0.2) is 64.0 Å². The molecule has 0 fully saturated rings. The van der Waals surface area contributed by atoms with Crippen LogP contribution in [0.1, 0.15) is 18.9 Å². The average Bonchev–Trinajstić information content (AvgIpc) is 2.60. The summed E-state index contributed by atoms with van der Waals surface area (Å²) in [6.45, 7) is 2.45. The molecule has 0 aliphatic rings. The number of rotatable bonds is 8. The van der Waals surface area contributed by atoms with Crippen LogP contribution in [0.3, 0.4) is 0 Å². The first kappa shape index (κ1) is 19.6. The molecule has 0 aliphatic heterocycles. The molecule has 2 aromatic rings. The number of halogens is 1. The first-order valence-corrected chi connectivity index (χ1v) is 10.3. The van der Waals surface area contributed by atoms with E-state index in [-0.39, 0.29) is 17.2 Å². The van der Waals surface area contributed by atoms with Crippen LogP contribution in [0.2, 0.25) is 0 Å². The normalized spacial score (nSPS) is 12.6. The Bertz CT molecular complexity index is 793. The summed E-state index contributed by atoms with van der Waals surface area (Å²) >= 11 is 3.28. The summed E-state index contributed by atoms with van der Waals surface area (Å²) in [6, 6.07) is 14.8. The first-order chi connectivity index (χ1) is 11.9. The van der Waals surface area contributed by atoms with E-state index < -0.39 is 16.1 Å². The number of nitrogens with one attached hydrogen (secondary N) is 2. The predicted molar refractivity (Wildman–Crippen MR) is 102 cm³/mol. The Labute approximate surface area is 157 Å². The summed E-state index contributed by atoms with van der Waals surface area (Å²) in [4.78, 5) is 12.5. The fourth-order valence-corrected chi connectivity index (χ4v) is 3.74. The fraction of sp³-hybridized carbons (Fsp3) is 0.278. The van der Waals surface area contributed by atoms with E-state index in [9.17, 15) is 13.2 Å². The van der Waals surface area contributed by atoms with Crippen LogP contribution in [-0.2, 0) is 21.2 Å². The van der Waals surface area contributed by atoms with Gasteiger partial charge in [-0.25, -0.2) is 8.42 Å². The molecule has 2 rings (SSSR count). The van der Waals surface area contributed by atoms with Crippen molar-refractivity contribution in [3.05, 3.63) is 64.6 Å². The predicted octanol–water partition coefficient (Wildman–Crippen LogP) is 2.86. The molecule has 1 atom stereocenters.